The summed E-state index contributed by atoms with van der Waals surface area (Å²) >= 11 is 0. The molecule has 0 spiro atoms. The van der Waals surface area contributed by atoms with Gasteiger partial charge in [-0.1, -0.05) is 39.0 Å². The highest BCUT2D eigenvalue weighted by Crippen LogP contribution is 2.04. The highest BCUT2D eigenvalue weighted by atomic mass is 16.6. The monoisotopic (exact) mass is 260 g/mol. The van der Waals surface area contributed by atoms with Crippen LogP contribution in [0.2, 0.25) is 0 Å². The van der Waals surface area contributed by atoms with E-state index in [1.54, 1.807) is 0 Å². The Bertz CT molecular complexity index is 183. The van der Waals surface area contributed by atoms with Crippen LogP contribution in [0.15, 0.2) is 0 Å². The summed E-state index contributed by atoms with van der Waals surface area (Å²) in [6, 6.07) is 0. The van der Waals surface area contributed by atoms with Crippen molar-refractivity contribution in [2.24, 2.45) is 0 Å². The van der Waals surface area contributed by atoms with Gasteiger partial charge >= 0.3 is 5.97 Å². The van der Waals surface area contributed by atoms with Crippen molar-refractivity contribution in [1.29, 1.82) is 0 Å². The molecule has 0 aromatic rings. The summed E-state index contributed by atoms with van der Waals surface area (Å²) in [7, 11) is 0. The lowest BCUT2D eigenvalue weighted by Crippen LogP contribution is -2.11. The molecular formula is C14H28O4. The fourth-order valence-electron chi connectivity index (χ4n) is 1.55. The van der Waals surface area contributed by atoms with Crippen molar-refractivity contribution >= 4 is 5.97 Å². The Hall–Kier alpha value is -0.610. The van der Waals surface area contributed by atoms with Crippen molar-refractivity contribution in [3.05, 3.63) is 0 Å². The maximum Gasteiger partial charge on any atom is 0.302 e. The lowest BCUT2D eigenvalue weighted by Gasteiger charge is -2.06. The van der Waals surface area contributed by atoms with Gasteiger partial charge < -0.3 is 14.2 Å². The van der Waals surface area contributed by atoms with Crippen molar-refractivity contribution in [1.82, 2.24) is 0 Å². The predicted molar refractivity (Wildman–Crippen MR) is 71.6 cm³/mol. The normalized spacial score (nSPS) is 10.6. The fourth-order valence-corrected chi connectivity index (χ4v) is 1.55. The van der Waals surface area contributed by atoms with Crippen LogP contribution in [0.25, 0.3) is 0 Å². The van der Waals surface area contributed by atoms with Gasteiger partial charge in [-0.2, -0.15) is 0 Å². The molecule has 0 N–H and O–H groups in total. The maximum atomic E-state index is 10.4. The molecule has 18 heavy (non-hydrogen) atoms. The average Bonchev–Trinajstić information content (AvgIpc) is 2.34. The Morgan fingerprint density at radius 3 is 2.00 bits per heavy atom. The molecule has 0 heterocycles. The topological polar surface area (TPSA) is 44.8 Å². The smallest absolute Gasteiger partial charge is 0.302 e. The van der Waals surface area contributed by atoms with Gasteiger partial charge in [0.1, 0.15) is 6.61 Å². The van der Waals surface area contributed by atoms with Crippen LogP contribution in [0, 0.1) is 0 Å². The highest BCUT2D eigenvalue weighted by Gasteiger charge is 1.94. The van der Waals surface area contributed by atoms with Crippen molar-refractivity contribution in [3.63, 3.8) is 0 Å². The molecule has 0 aliphatic rings. The van der Waals surface area contributed by atoms with E-state index in [0.717, 1.165) is 13.0 Å². The van der Waals surface area contributed by atoms with E-state index in [2.05, 4.69) is 6.92 Å². The van der Waals surface area contributed by atoms with Gasteiger partial charge in [-0.25, -0.2) is 0 Å². The van der Waals surface area contributed by atoms with E-state index in [1.807, 2.05) is 0 Å². The molecule has 0 saturated heterocycles. The van der Waals surface area contributed by atoms with Gasteiger partial charge in [-0.3, -0.25) is 4.79 Å². The summed E-state index contributed by atoms with van der Waals surface area (Å²) in [6.45, 7) is 6.40. The number of carbonyl (C=O) groups is 1. The van der Waals surface area contributed by atoms with Crippen LogP contribution in [0.3, 0.4) is 0 Å². The van der Waals surface area contributed by atoms with Crippen LogP contribution in [0.4, 0.5) is 0 Å². The van der Waals surface area contributed by atoms with E-state index >= 15 is 0 Å². The largest absolute Gasteiger partial charge is 0.463 e. The summed E-state index contributed by atoms with van der Waals surface area (Å²) in [5.41, 5.74) is 0. The first-order chi connectivity index (χ1) is 8.77. The summed E-state index contributed by atoms with van der Waals surface area (Å²) < 4.78 is 15.4. The lowest BCUT2D eigenvalue weighted by molar-refractivity contribution is -0.142. The molecule has 0 rings (SSSR count). The molecule has 4 nitrogen and oxygen atoms in total. The summed E-state index contributed by atoms with van der Waals surface area (Å²) in [4.78, 5) is 10.4. The van der Waals surface area contributed by atoms with Gasteiger partial charge in [0.25, 0.3) is 0 Å². The summed E-state index contributed by atoms with van der Waals surface area (Å²) in [6.07, 6.45) is 7.69. The van der Waals surface area contributed by atoms with Gasteiger partial charge in [-0.15, -0.1) is 0 Å². The minimum absolute atomic E-state index is 0.266. The van der Waals surface area contributed by atoms with Crippen molar-refractivity contribution < 1.29 is 19.0 Å². The Kier molecular flexibility index (Phi) is 14.0. The van der Waals surface area contributed by atoms with Crippen LogP contribution >= 0.6 is 0 Å². The van der Waals surface area contributed by atoms with Crippen LogP contribution in [0.5, 0.6) is 0 Å². The predicted octanol–water partition coefficient (Wildman–Crippen LogP) is 2.94. The van der Waals surface area contributed by atoms with Gasteiger partial charge in [-0.05, 0) is 6.42 Å². The molecule has 0 radical (unpaired) electrons. The van der Waals surface area contributed by atoms with E-state index in [4.69, 9.17) is 14.2 Å². The van der Waals surface area contributed by atoms with Gasteiger partial charge in [0.15, 0.2) is 0 Å². The molecule has 0 amide bonds. The quantitative estimate of drug-likeness (QED) is 0.377. The van der Waals surface area contributed by atoms with Crippen molar-refractivity contribution in [2.75, 3.05) is 33.0 Å². The van der Waals surface area contributed by atoms with Crippen LogP contribution in [-0.4, -0.2) is 39.0 Å². The van der Waals surface area contributed by atoms with Crippen LogP contribution in [-0.2, 0) is 19.0 Å². The number of rotatable bonds is 13. The number of esters is 1. The number of carbonyl (C=O) groups excluding carboxylic acids is 1. The SMILES string of the molecule is CCCCCCCCOCCOCCOC(C)=O. The number of hydrogen-bond donors (Lipinski definition) is 0. The van der Waals surface area contributed by atoms with E-state index in [0.29, 0.717) is 26.4 Å². The van der Waals surface area contributed by atoms with E-state index < -0.39 is 0 Å². The lowest BCUT2D eigenvalue weighted by atomic mass is 10.1. The summed E-state index contributed by atoms with van der Waals surface area (Å²) in [5.74, 6) is -0.266. The molecule has 0 atom stereocenters. The van der Waals surface area contributed by atoms with Crippen LogP contribution in [0.1, 0.15) is 52.4 Å². The molecule has 0 saturated carbocycles. The number of ether oxygens (including phenoxy) is 3. The third kappa shape index (κ3) is 15.4. The zero-order valence-corrected chi connectivity index (χ0v) is 11.9. The van der Waals surface area contributed by atoms with Crippen LogP contribution < -0.4 is 0 Å². The van der Waals surface area contributed by atoms with Gasteiger partial charge in [0, 0.05) is 13.5 Å². The Balaban J connectivity index is 2.92. The standard InChI is InChI=1S/C14H28O4/c1-3-4-5-6-7-8-9-16-10-11-17-12-13-18-14(2)15/h3-13H2,1-2H3. The maximum absolute atomic E-state index is 10.4. The number of unbranched alkanes of at least 4 members (excludes halogenated alkanes) is 5. The molecule has 108 valence electrons. The first-order valence-corrected chi connectivity index (χ1v) is 7.06. The molecule has 0 fully saturated rings. The molecule has 4 heteroatoms. The third-order valence-corrected chi connectivity index (χ3v) is 2.55. The number of hydrogen-bond acceptors (Lipinski definition) is 4. The minimum atomic E-state index is -0.266. The second-order valence-electron chi connectivity index (χ2n) is 4.33. The van der Waals surface area contributed by atoms with Crippen molar-refractivity contribution in [3.8, 4) is 0 Å². The minimum Gasteiger partial charge on any atom is -0.463 e. The second kappa shape index (κ2) is 14.5. The first kappa shape index (κ1) is 17.4. The molecular weight excluding hydrogens is 232 g/mol. The molecule has 0 bridgehead atoms. The Morgan fingerprint density at radius 2 is 1.33 bits per heavy atom. The first-order valence-electron chi connectivity index (χ1n) is 7.06. The average molecular weight is 260 g/mol. The van der Waals surface area contributed by atoms with E-state index in [-0.39, 0.29) is 5.97 Å². The Labute approximate surface area is 111 Å². The fraction of sp³-hybridized carbons (Fsp3) is 0.929. The zero-order valence-electron chi connectivity index (χ0n) is 11.9. The molecule has 0 aromatic carbocycles. The van der Waals surface area contributed by atoms with E-state index in [1.165, 1.54) is 39.0 Å². The molecule has 0 aliphatic carbocycles. The third-order valence-electron chi connectivity index (χ3n) is 2.55. The molecule has 0 aromatic heterocycles. The van der Waals surface area contributed by atoms with Crippen molar-refractivity contribution in [2.45, 2.75) is 52.4 Å². The second-order valence-corrected chi connectivity index (χ2v) is 4.33. The zero-order chi connectivity index (χ0) is 13.5. The Morgan fingerprint density at radius 1 is 0.778 bits per heavy atom. The molecule has 0 unspecified atom stereocenters. The van der Waals surface area contributed by atoms with Gasteiger partial charge in [0.05, 0.1) is 19.8 Å². The molecule has 0 aliphatic heterocycles. The highest BCUT2D eigenvalue weighted by molar-refractivity contribution is 5.65. The summed E-state index contributed by atoms with van der Waals surface area (Å²) in [5, 5.41) is 0. The van der Waals surface area contributed by atoms with Gasteiger partial charge in [0.2, 0.25) is 0 Å². The van der Waals surface area contributed by atoms with E-state index in [9.17, 15) is 4.79 Å².